The predicted octanol–water partition coefficient (Wildman–Crippen LogP) is 4.06. The van der Waals surface area contributed by atoms with E-state index in [0.29, 0.717) is 10.8 Å². The smallest absolute Gasteiger partial charge is 0.00501 e. The molecule has 0 radical (unpaired) electrons. The molecule has 20 heavy (non-hydrogen) atoms. The van der Waals surface area contributed by atoms with Crippen LogP contribution in [-0.4, -0.2) is 38.1 Å². The fraction of sp³-hybridized carbons (Fsp3) is 1.00. The van der Waals surface area contributed by atoms with E-state index in [-0.39, 0.29) is 0 Å². The Bertz CT molecular complexity index is 271. The molecule has 0 spiro atoms. The molecule has 1 saturated carbocycles. The average molecular weight is 280 g/mol. The molecule has 0 bridgehead atoms. The van der Waals surface area contributed by atoms with Crippen molar-refractivity contribution in [3.63, 3.8) is 0 Å². The van der Waals surface area contributed by atoms with Gasteiger partial charge in [-0.15, -0.1) is 0 Å². The molecular formula is C18H36N2. The minimum Gasteiger partial charge on any atom is -0.319 e. The number of nitrogens with zero attached hydrogens (tertiary/aromatic N) is 1. The molecule has 118 valence electrons. The van der Waals surface area contributed by atoms with Crippen LogP contribution in [0.5, 0.6) is 0 Å². The number of nitrogens with one attached hydrogen (secondary N) is 1. The molecule has 0 aromatic carbocycles. The van der Waals surface area contributed by atoms with E-state index in [1.54, 1.807) is 0 Å². The second kappa shape index (κ2) is 7.26. The van der Waals surface area contributed by atoms with Crippen molar-refractivity contribution in [2.24, 2.45) is 10.8 Å². The van der Waals surface area contributed by atoms with E-state index in [1.807, 2.05) is 0 Å². The first kappa shape index (κ1) is 16.3. The Morgan fingerprint density at radius 1 is 0.950 bits per heavy atom. The molecule has 1 saturated heterocycles. The second-order valence-corrected chi connectivity index (χ2v) is 7.88. The quantitative estimate of drug-likeness (QED) is 0.764. The van der Waals surface area contributed by atoms with Gasteiger partial charge < -0.3 is 10.2 Å². The minimum atomic E-state index is 0.561. The average Bonchev–Trinajstić information content (AvgIpc) is 2.68. The van der Waals surface area contributed by atoms with Crippen LogP contribution in [0.25, 0.3) is 0 Å². The summed E-state index contributed by atoms with van der Waals surface area (Å²) in [4.78, 5) is 2.78. The van der Waals surface area contributed by atoms with Gasteiger partial charge in [-0.1, -0.05) is 46.0 Å². The molecule has 0 aromatic rings. The summed E-state index contributed by atoms with van der Waals surface area (Å²) in [6.07, 6.45) is 12.8. The third-order valence-electron chi connectivity index (χ3n) is 6.19. The molecule has 2 heteroatoms. The maximum absolute atomic E-state index is 3.50. The van der Waals surface area contributed by atoms with Crippen molar-refractivity contribution in [1.29, 1.82) is 0 Å². The molecule has 0 aromatic heterocycles. The summed E-state index contributed by atoms with van der Waals surface area (Å²) in [6.45, 7) is 10.1. The molecule has 1 aliphatic heterocycles. The van der Waals surface area contributed by atoms with Crippen molar-refractivity contribution < 1.29 is 0 Å². The monoisotopic (exact) mass is 280 g/mol. The molecule has 1 heterocycles. The predicted molar refractivity (Wildman–Crippen MR) is 88.1 cm³/mol. The summed E-state index contributed by atoms with van der Waals surface area (Å²) in [5.74, 6) is 0. The van der Waals surface area contributed by atoms with E-state index in [0.717, 1.165) is 0 Å². The summed E-state index contributed by atoms with van der Waals surface area (Å²) >= 11 is 0. The maximum Gasteiger partial charge on any atom is 0.00501 e. The highest BCUT2D eigenvalue weighted by molar-refractivity contribution is 4.89. The standard InChI is InChI=1S/C18H36N2/c1-4-17(2)11-13-20(14-12-17)16-18(15-19-3)9-7-5-6-8-10-18/h19H,4-16H2,1-3H3. The van der Waals surface area contributed by atoms with E-state index in [1.165, 1.54) is 84.0 Å². The van der Waals surface area contributed by atoms with Gasteiger partial charge in [-0.05, 0) is 56.7 Å². The lowest BCUT2D eigenvalue weighted by Gasteiger charge is -2.44. The fourth-order valence-electron chi connectivity index (χ4n) is 4.32. The summed E-state index contributed by atoms with van der Waals surface area (Å²) in [5, 5.41) is 3.50. The van der Waals surface area contributed by atoms with Gasteiger partial charge in [0.2, 0.25) is 0 Å². The highest BCUT2D eigenvalue weighted by atomic mass is 15.1. The molecule has 1 aliphatic carbocycles. The second-order valence-electron chi connectivity index (χ2n) is 7.88. The van der Waals surface area contributed by atoms with Crippen LogP contribution in [0.4, 0.5) is 0 Å². The zero-order valence-electron chi connectivity index (χ0n) is 14.1. The van der Waals surface area contributed by atoms with Gasteiger partial charge in [0.15, 0.2) is 0 Å². The first-order valence-corrected chi connectivity index (χ1v) is 8.98. The van der Waals surface area contributed by atoms with E-state index in [2.05, 4.69) is 31.1 Å². The minimum absolute atomic E-state index is 0.561. The molecule has 0 atom stereocenters. The lowest BCUT2D eigenvalue weighted by molar-refractivity contribution is 0.0642. The van der Waals surface area contributed by atoms with Gasteiger partial charge in [0, 0.05) is 13.1 Å². The van der Waals surface area contributed by atoms with Crippen LogP contribution in [-0.2, 0) is 0 Å². The Labute approximate surface area is 126 Å². The van der Waals surface area contributed by atoms with Gasteiger partial charge in [-0.25, -0.2) is 0 Å². The Morgan fingerprint density at radius 2 is 1.55 bits per heavy atom. The first-order chi connectivity index (χ1) is 9.61. The summed E-state index contributed by atoms with van der Waals surface area (Å²) in [7, 11) is 2.14. The van der Waals surface area contributed by atoms with E-state index >= 15 is 0 Å². The van der Waals surface area contributed by atoms with Crippen LogP contribution < -0.4 is 5.32 Å². The number of rotatable bonds is 5. The van der Waals surface area contributed by atoms with Crippen LogP contribution in [0.3, 0.4) is 0 Å². The Kier molecular flexibility index (Phi) is 5.92. The van der Waals surface area contributed by atoms with Crippen molar-refractivity contribution >= 4 is 0 Å². The normalized spacial score (nSPS) is 27.1. The topological polar surface area (TPSA) is 15.3 Å². The SMILES string of the molecule is CCC1(C)CCN(CC2(CNC)CCCCCC2)CC1. The van der Waals surface area contributed by atoms with Crippen molar-refractivity contribution in [2.45, 2.75) is 71.6 Å². The molecule has 2 nitrogen and oxygen atoms in total. The molecular weight excluding hydrogens is 244 g/mol. The highest BCUT2D eigenvalue weighted by Crippen LogP contribution is 2.39. The molecule has 2 aliphatic rings. The molecule has 2 fully saturated rings. The highest BCUT2D eigenvalue weighted by Gasteiger charge is 2.35. The van der Waals surface area contributed by atoms with Crippen LogP contribution in [0.1, 0.15) is 71.6 Å². The van der Waals surface area contributed by atoms with Crippen molar-refractivity contribution in [2.75, 3.05) is 33.2 Å². The summed E-state index contributed by atoms with van der Waals surface area (Å²) in [5.41, 5.74) is 1.18. The number of hydrogen-bond donors (Lipinski definition) is 1. The van der Waals surface area contributed by atoms with Gasteiger partial charge in [0.1, 0.15) is 0 Å². The maximum atomic E-state index is 3.50. The third kappa shape index (κ3) is 4.21. The van der Waals surface area contributed by atoms with Crippen LogP contribution >= 0.6 is 0 Å². The molecule has 0 amide bonds. The number of piperidine rings is 1. The molecule has 0 unspecified atom stereocenters. The van der Waals surface area contributed by atoms with Gasteiger partial charge in [-0.3, -0.25) is 0 Å². The summed E-state index contributed by atoms with van der Waals surface area (Å²) < 4.78 is 0. The van der Waals surface area contributed by atoms with E-state index in [4.69, 9.17) is 0 Å². The van der Waals surface area contributed by atoms with Crippen molar-refractivity contribution in [3.05, 3.63) is 0 Å². The number of hydrogen-bond acceptors (Lipinski definition) is 2. The largest absolute Gasteiger partial charge is 0.319 e. The van der Waals surface area contributed by atoms with E-state index in [9.17, 15) is 0 Å². The molecule has 1 N–H and O–H groups in total. The first-order valence-electron chi connectivity index (χ1n) is 8.98. The molecule has 2 rings (SSSR count). The Morgan fingerprint density at radius 3 is 2.05 bits per heavy atom. The zero-order valence-corrected chi connectivity index (χ0v) is 14.1. The van der Waals surface area contributed by atoms with Crippen LogP contribution in [0.15, 0.2) is 0 Å². The zero-order chi connectivity index (χ0) is 14.5. The fourth-order valence-corrected chi connectivity index (χ4v) is 4.32. The van der Waals surface area contributed by atoms with Gasteiger partial charge in [0.25, 0.3) is 0 Å². The van der Waals surface area contributed by atoms with Crippen LogP contribution in [0, 0.1) is 10.8 Å². The Balaban J connectivity index is 1.91. The van der Waals surface area contributed by atoms with Gasteiger partial charge in [0.05, 0.1) is 0 Å². The van der Waals surface area contributed by atoms with Gasteiger partial charge >= 0.3 is 0 Å². The lowest BCUT2D eigenvalue weighted by Crippen LogP contribution is -2.47. The van der Waals surface area contributed by atoms with Crippen molar-refractivity contribution in [3.8, 4) is 0 Å². The number of likely N-dealkylation sites (tertiary alicyclic amines) is 1. The van der Waals surface area contributed by atoms with Gasteiger partial charge in [-0.2, -0.15) is 0 Å². The third-order valence-corrected chi connectivity index (χ3v) is 6.19. The summed E-state index contributed by atoms with van der Waals surface area (Å²) in [6, 6.07) is 0. The van der Waals surface area contributed by atoms with Crippen LogP contribution in [0.2, 0.25) is 0 Å². The Hall–Kier alpha value is -0.0800. The lowest BCUT2D eigenvalue weighted by atomic mass is 9.76. The van der Waals surface area contributed by atoms with E-state index < -0.39 is 0 Å². The van der Waals surface area contributed by atoms with Crippen molar-refractivity contribution in [1.82, 2.24) is 10.2 Å².